The Morgan fingerprint density at radius 3 is 2.89 bits per heavy atom. The number of nitrogens with two attached hydrogens (primary N) is 1. The van der Waals surface area contributed by atoms with Crippen molar-refractivity contribution in [2.75, 3.05) is 0 Å². The molecule has 0 aliphatic heterocycles. The van der Waals surface area contributed by atoms with E-state index in [4.69, 9.17) is 10.5 Å². The number of rotatable bonds is 4. The molecule has 100 valence electrons. The second kappa shape index (κ2) is 6.30. The molecule has 3 heteroatoms. The summed E-state index contributed by atoms with van der Waals surface area (Å²) in [7, 11) is 0. The predicted molar refractivity (Wildman–Crippen MR) is 70.5 cm³/mol. The lowest BCUT2D eigenvalue weighted by Gasteiger charge is -2.26. The molecule has 1 aromatic carbocycles. The van der Waals surface area contributed by atoms with Crippen LogP contribution in [-0.2, 0) is 17.9 Å². The molecular weight excluding hydrogens is 229 g/mol. The molecule has 2 atom stereocenters. The number of ether oxygens (including phenoxy) is 1. The summed E-state index contributed by atoms with van der Waals surface area (Å²) in [6.45, 7) is 3.00. The molecule has 0 radical (unpaired) electrons. The van der Waals surface area contributed by atoms with E-state index in [2.05, 4.69) is 6.92 Å². The molecule has 0 saturated heterocycles. The second-order valence-electron chi connectivity index (χ2n) is 5.33. The Bertz CT molecular complexity index is 394. The highest BCUT2D eigenvalue weighted by atomic mass is 19.1. The van der Waals surface area contributed by atoms with E-state index in [0.717, 1.165) is 24.3 Å². The van der Waals surface area contributed by atoms with Crippen molar-refractivity contribution >= 4 is 0 Å². The molecule has 2 rings (SSSR count). The summed E-state index contributed by atoms with van der Waals surface area (Å²) >= 11 is 0. The lowest BCUT2D eigenvalue weighted by Crippen LogP contribution is -2.21. The van der Waals surface area contributed by atoms with E-state index in [-0.39, 0.29) is 5.82 Å². The number of benzene rings is 1. The van der Waals surface area contributed by atoms with Gasteiger partial charge in [0.15, 0.2) is 0 Å². The summed E-state index contributed by atoms with van der Waals surface area (Å²) in [5, 5.41) is 0. The van der Waals surface area contributed by atoms with Gasteiger partial charge in [0.1, 0.15) is 5.82 Å². The van der Waals surface area contributed by atoms with Crippen molar-refractivity contribution in [3.8, 4) is 0 Å². The van der Waals surface area contributed by atoms with Crippen molar-refractivity contribution in [1.82, 2.24) is 0 Å². The molecule has 2 N–H and O–H groups in total. The Balaban J connectivity index is 1.89. The SMILES string of the molecule is CC1CCCC(OCc2ccc(CN)cc2F)C1. The van der Waals surface area contributed by atoms with Gasteiger partial charge in [0, 0.05) is 12.1 Å². The van der Waals surface area contributed by atoms with Gasteiger partial charge < -0.3 is 10.5 Å². The highest BCUT2D eigenvalue weighted by Crippen LogP contribution is 2.26. The first-order chi connectivity index (χ1) is 8.69. The zero-order valence-electron chi connectivity index (χ0n) is 11.0. The highest BCUT2D eigenvalue weighted by Gasteiger charge is 2.19. The summed E-state index contributed by atoms with van der Waals surface area (Å²) in [5.41, 5.74) is 6.93. The van der Waals surface area contributed by atoms with Gasteiger partial charge in [0.25, 0.3) is 0 Å². The van der Waals surface area contributed by atoms with Crippen LogP contribution < -0.4 is 5.73 Å². The van der Waals surface area contributed by atoms with Crippen LogP contribution in [0, 0.1) is 11.7 Å². The lowest BCUT2D eigenvalue weighted by molar-refractivity contribution is 0.00352. The van der Waals surface area contributed by atoms with Gasteiger partial charge in [-0.15, -0.1) is 0 Å². The first kappa shape index (κ1) is 13.5. The van der Waals surface area contributed by atoms with E-state index in [1.807, 2.05) is 6.07 Å². The number of hydrogen-bond acceptors (Lipinski definition) is 2. The third-order valence-electron chi connectivity index (χ3n) is 3.72. The summed E-state index contributed by atoms with van der Waals surface area (Å²) in [6.07, 6.45) is 5.01. The second-order valence-corrected chi connectivity index (χ2v) is 5.33. The van der Waals surface area contributed by atoms with Crippen LogP contribution in [0.15, 0.2) is 18.2 Å². The Morgan fingerprint density at radius 2 is 2.22 bits per heavy atom. The normalized spacial score (nSPS) is 24.2. The van der Waals surface area contributed by atoms with Gasteiger partial charge in [0.2, 0.25) is 0 Å². The van der Waals surface area contributed by atoms with Gasteiger partial charge in [-0.3, -0.25) is 0 Å². The van der Waals surface area contributed by atoms with Gasteiger partial charge in [-0.1, -0.05) is 31.9 Å². The average molecular weight is 251 g/mol. The molecule has 0 aromatic heterocycles. The maximum absolute atomic E-state index is 13.7. The predicted octanol–water partition coefficient (Wildman–Crippen LogP) is 3.38. The topological polar surface area (TPSA) is 35.2 Å². The van der Waals surface area contributed by atoms with Crippen LogP contribution in [-0.4, -0.2) is 6.10 Å². The molecule has 1 aliphatic rings. The molecule has 0 bridgehead atoms. The van der Waals surface area contributed by atoms with Crippen molar-refractivity contribution in [3.05, 3.63) is 35.1 Å². The van der Waals surface area contributed by atoms with Crippen LogP contribution in [0.1, 0.15) is 43.7 Å². The smallest absolute Gasteiger partial charge is 0.129 e. The molecule has 1 aliphatic carbocycles. The van der Waals surface area contributed by atoms with Crippen molar-refractivity contribution in [1.29, 1.82) is 0 Å². The van der Waals surface area contributed by atoms with E-state index in [1.54, 1.807) is 6.07 Å². The first-order valence-electron chi connectivity index (χ1n) is 6.78. The van der Waals surface area contributed by atoms with E-state index in [0.29, 0.717) is 24.8 Å². The van der Waals surface area contributed by atoms with Crippen molar-refractivity contribution < 1.29 is 9.13 Å². The van der Waals surface area contributed by atoms with Crippen LogP contribution in [0.3, 0.4) is 0 Å². The van der Waals surface area contributed by atoms with Crippen molar-refractivity contribution in [2.45, 2.75) is 51.9 Å². The van der Waals surface area contributed by atoms with Crippen LogP contribution >= 0.6 is 0 Å². The zero-order valence-corrected chi connectivity index (χ0v) is 11.0. The Labute approximate surface area is 108 Å². The highest BCUT2D eigenvalue weighted by molar-refractivity contribution is 5.23. The third-order valence-corrected chi connectivity index (χ3v) is 3.72. The van der Waals surface area contributed by atoms with E-state index in [9.17, 15) is 4.39 Å². The standard InChI is InChI=1S/C15H22FNO/c1-11-3-2-4-14(7-11)18-10-13-6-5-12(9-17)8-15(13)16/h5-6,8,11,14H,2-4,7,9-10,17H2,1H3. The van der Waals surface area contributed by atoms with Gasteiger partial charge in [-0.2, -0.15) is 0 Å². The van der Waals surface area contributed by atoms with Crippen molar-refractivity contribution in [3.63, 3.8) is 0 Å². The maximum Gasteiger partial charge on any atom is 0.129 e. The van der Waals surface area contributed by atoms with Gasteiger partial charge in [0.05, 0.1) is 12.7 Å². The monoisotopic (exact) mass is 251 g/mol. The van der Waals surface area contributed by atoms with Gasteiger partial charge in [-0.25, -0.2) is 4.39 Å². The molecular formula is C15H22FNO. The summed E-state index contributed by atoms with van der Waals surface area (Å²) in [4.78, 5) is 0. The average Bonchev–Trinajstić information content (AvgIpc) is 2.37. The van der Waals surface area contributed by atoms with Crippen LogP contribution in [0.4, 0.5) is 4.39 Å². The Morgan fingerprint density at radius 1 is 1.39 bits per heavy atom. The maximum atomic E-state index is 13.7. The van der Waals surface area contributed by atoms with E-state index >= 15 is 0 Å². The van der Waals surface area contributed by atoms with E-state index < -0.39 is 0 Å². The molecule has 0 spiro atoms. The van der Waals surface area contributed by atoms with Gasteiger partial charge >= 0.3 is 0 Å². The van der Waals surface area contributed by atoms with E-state index in [1.165, 1.54) is 18.9 Å². The van der Waals surface area contributed by atoms with Crippen LogP contribution in [0.25, 0.3) is 0 Å². The molecule has 1 saturated carbocycles. The third kappa shape index (κ3) is 3.53. The molecule has 0 heterocycles. The summed E-state index contributed by atoms with van der Waals surface area (Å²) in [6, 6.07) is 5.15. The molecule has 2 unspecified atom stereocenters. The minimum atomic E-state index is -0.207. The molecule has 1 fully saturated rings. The van der Waals surface area contributed by atoms with Crippen LogP contribution in [0.5, 0.6) is 0 Å². The molecule has 2 nitrogen and oxygen atoms in total. The number of halogens is 1. The fourth-order valence-electron chi connectivity index (χ4n) is 2.57. The quantitative estimate of drug-likeness (QED) is 0.890. The Hall–Kier alpha value is -0.930. The van der Waals surface area contributed by atoms with Crippen LogP contribution in [0.2, 0.25) is 0 Å². The minimum absolute atomic E-state index is 0.207. The minimum Gasteiger partial charge on any atom is -0.373 e. The summed E-state index contributed by atoms with van der Waals surface area (Å²) in [5.74, 6) is 0.523. The zero-order chi connectivity index (χ0) is 13.0. The van der Waals surface area contributed by atoms with Crippen molar-refractivity contribution in [2.24, 2.45) is 11.7 Å². The fourth-order valence-corrected chi connectivity index (χ4v) is 2.57. The lowest BCUT2D eigenvalue weighted by atomic mass is 9.89. The fraction of sp³-hybridized carbons (Fsp3) is 0.600. The largest absolute Gasteiger partial charge is 0.373 e. The molecule has 18 heavy (non-hydrogen) atoms. The Kier molecular flexibility index (Phi) is 4.72. The van der Waals surface area contributed by atoms with Gasteiger partial charge in [-0.05, 0) is 30.4 Å². The molecule has 0 amide bonds. The number of hydrogen-bond donors (Lipinski definition) is 1. The summed E-state index contributed by atoms with van der Waals surface area (Å²) < 4.78 is 19.6. The molecule has 1 aromatic rings. The first-order valence-corrected chi connectivity index (χ1v) is 6.78.